The molecular weight excluding hydrogens is 442 g/mol. The molecule has 1 atom stereocenters. The second-order valence-corrected chi connectivity index (χ2v) is 8.57. The molecule has 1 N–H and O–H groups in total. The largest absolute Gasteiger partial charge is 0.507 e. The van der Waals surface area contributed by atoms with Gasteiger partial charge in [-0.2, -0.15) is 0 Å². The van der Waals surface area contributed by atoms with E-state index in [1.54, 1.807) is 37.4 Å². The molecule has 1 heterocycles. The molecular formula is C29H29NO5. The van der Waals surface area contributed by atoms with Crippen LogP contribution in [0.15, 0.2) is 66.2 Å². The first-order valence-electron chi connectivity index (χ1n) is 11.5. The van der Waals surface area contributed by atoms with E-state index in [0.29, 0.717) is 34.9 Å². The minimum absolute atomic E-state index is 0.0460. The number of carbonyl (C=O) groups excluding carboxylic acids is 2. The molecule has 0 saturated carbocycles. The van der Waals surface area contributed by atoms with Crippen LogP contribution in [0, 0.1) is 20.8 Å². The van der Waals surface area contributed by atoms with Gasteiger partial charge in [-0.15, -0.1) is 0 Å². The van der Waals surface area contributed by atoms with Gasteiger partial charge in [0.2, 0.25) is 0 Å². The summed E-state index contributed by atoms with van der Waals surface area (Å²) < 4.78 is 10.9. The Morgan fingerprint density at radius 2 is 1.69 bits per heavy atom. The van der Waals surface area contributed by atoms with E-state index in [-0.39, 0.29) is 11.3 Å². The fourth-order valence-corrected chi connectivity index (χ4v) is 4.45. The van der Waals surface area contributed by atoms with Crippen molar-refractivity contribution in [2.24, 2.45) is 0 Å². The molecule has 3 aromatic carbocycles. The summed E-state index contributed by atoms with van der Waals surface area (Å²) in [5, 5.41) is 11.4. The number of nitrogens with zero attached hydrogens (tertiary/aromatic N) is 1. The summed E-state index contributed by atoms with van der Waals surface area (Å²) in [6.07, 6.45) is 0. The number of benzene rings is 3. The Morgan fingerprint density at radius 3 is 2.31 bits per heavy atom. The number of hydrogen-bond donors (Lipinski definition) is 1. The number of aliphatic hydroxyl groups excluding tert-OH is 1. The standard InChI is InChI=1S/C29H29NO5/c1-6-35-24-15-12-21(16-18(24)3)27(31)25-26(20-10-13-22(34-5)14-11-20)30(29(33)28(25)32)23-9-7-8-17(2)19(23)4/h7-16,26,31H,6H2,1-5H3/b27-25+. The van der Waals surface area contributed by atoms with Gasteiger partial charge < -0.3 is 14.6 Å². The minimum Gasteiger partial charge on any atom is -0.507 e. The van der Waals surface area contributed by atoms with Crippen LogP contribution in [0.4, 0.5) is 5.69 Å². The highest BCUT2D eigenvalue weighted by molar-refractivity contribution is 6.51. The topological polar surface area (TPSA) is 76.1 Å². The van der Waals surface area contributed by atoms with Crippen LogP contribution in [0.3, 0.4) is 0 Å². The summed E-state index contributed by atoms with van der Waals surface area (Å²) >= 11 is 0. The fourth-order valence-electron chi connectivity index (χ4n) is 4.45. The zero-order valence-corrected chi connectivity index (χ0v) is 20.6. The zero-order valence-electron chi connectivity index (χ0n) is 20.6. The van der Waals surface area contributed by atoms with Gasteiger partial charge in [0.25, 0.3) is 11.7 Å². The van der Waals surface area contributed by atoms with Crippen LogP contribution in [-0.4, -0.2) is 30.5 Å². The second kappa shape index (κ2) is 9.66. The van der Waals surface area contributed by atoms with E-state index in [4.69, 9.17) is 9.47 Å². The molecule has 0 bridgehead atoms. The number of Topliss-reactive ketones (excluding diaryl/α,β-unsaturated/α-hetero) is 1. The lowest BCUT2D eigenvalue weighted by atomic mass is 9.94. The van der Waals surface area contributed by atoms with Crippen LogP contribution in [-0.2, 0) is 9.59 Å². The molecule has 1 unspecified atom stereocenters. The van der Waals surface area contributed by atoms with Gasteiger partial charge in [0.05, 0.1) is 25.3 Å². The summed E-state index contributed by atoms with van der Waals surface area (Å²) in [4.78, 5) is 28.3. The average Bonchev–Trinajstić information content (AvgIpc) is 3.12. The number of aryl methyl sites for hydroxylation is 2. The lowest BCUT2D eigenvalue weighted by Crippen LogP contribution is -2.30. The Hall–Kier alpha value is -4.06. The molecule has 35 heavy (non-hydrogen) atoms. The van der Waals surface area contributed by atoms with Gasteiger partial charge in [0.1, 0.15) is 17.3 Å². The summed E-state index contributed by atoms with van der Waals surface area (Å²) in [5.74, 6) is -0.270. The van der Waals surface area contributed by atoms with Crippen molar-refractivity contribution >= 4 is 23.1 Å². The first-order valence-corrected chi connectivity index (χ1v) is 11.5. The van der Waals surface area contributed by atoms with Gasteiger partial charge in [0, 0.05) is 11.3 Å². The van der Waals surface area contributed by atoms with E-state index in [1.165, 1.54) is 4.90 Å². The number of anilines is 1. The maximum absolute atomic E-state index is 13.4. The van der Waals surface area contributed by atoms with Crippen LogP contribution in [0.1, 0.15) is 40.8 Å². The molecule has 1 amide bonds. The molecule has 1 fully saturated rings. The zero-order chi connectivity index (χ0) is 25.3. The molecule has 0 aliphatic carbocycles. The minimum atomic E-state index is -0.798. The number of carbonyl (C=O) groups is 2. The number of aliphatic hydroxyl groups is 1. The highest BCUT2D eigenvalue weighted by atomic mass is 16.5. The first kappa shape index (κ1) is 24.1. The Bertz CT molecular complexity index is 1320. The number of rotatable bonds is 6. The molecule has 3 aromatic rings. The van der Waals surface area contributed by atoms with Crippen molar-refractivity contribution in [3.05, 3.63) is 94.1 Å². The smallest absolute Gasteiger partial charge is 0.300 e. The molecule has 180 valence electrons. The first-order chi connectivity index (χ1) is 16.8. The number of hydrogen-bond acceptors (Lipinski definition) is 5. The van der Waals surface area contributed by atoms with E-state index in [1.807, 2.05) is 58.0 Å². The van der Waals surface area contributed by atoms with Crippen molar-refractivity contribution in [1.29, 1.82) is 0 Å². The van der Waals surface area contributed by atoms with Crippen molar-refractivity contribution < 1.29 is 24.2 Å². The summed E-state index contributed by atoms with van der Waals surface area (Å²) in [5.41, 5.74) is 4.53. The van der Waals surface area contributed by atoms with E-state index in [0.717, 1.165) is 16.7 Å². The highest BCUT2D eigenvalue weighted by Crippen LogP contribution is 2.44. The molecule has 1 saturated heterocycles. The summed E-state index contributed by atoms with van der Waals surface area (Å²) in [6.45, 7) is 8.17. The van der Waals surface area contributed by atoms with Crippen LogP contribution < -0.4 is 14.4 Å². The van der Waals surface area contributed by atoms with Crippen LogP contribution in [0.2, 0.25) is 0 Å². The van der Waals surface area contributed by atoms with E-state index in [2.05, 4.69) is 0 Å². The lowest BCUT2D eigenvalue weighted by molar-refractivity contribution is -0.132. The normalized spacial score (nSPS) is 17.1. The Morgan fingerprint density at radius 1 is 0.971 bits per heavy atom. The van der Waals surface area contributed by atoms with Crippen molar-refractivity contribution in [3.63, 3.8) is 0 Å². The van der Waals surface area contributed by atoms with Crippen molar-refractivity contribution in [3.8, 4) is 11.5 Å². The summed E-state index contributed by atoms with van der Waals surface area (Å²) in [6, 6.07) is 17.2. The molecule has 0 spiro atoms. The van der Waals surface area contributed by atoms with Crippen LogP contribution in [0.5, 0.6) is 11.5 Å². The van der Waals surface area contributed by atoms with Gasteiger partial charge >= 0.3 is 0 Å². The average molecular weight is 472 g/mol. The predicted molar refractivity (Wildman–Crippen MR) is 136 cm³/mol. The molecule has 0 aromatic heterocycles. The molecule has 6 heteroatoms. The Labute approximate surface area is 205 Å². The third-order valence-electron chi connectivity index (χ3n) is 6.46. The lowest BCUT2D eigenvalue weighted by Gasteiger charge is -2.27. The monoisotopic (exact) mass is 471 g/mol. The van der Waals surface area contributed by atoms with Gasteiger partial charge in [0.15, 0.2) is 0 Å². The molecule has 0 radical (unpaired) electrons. The number of amides is 1. The quantitative estimate of drug-likeness (QED) is 0.286. The number of ketones is 1. The maximum Gasteiger partial charge on any atom is 0.300 e. The van der Waals surface area contributed by atoms with E-state index >= 15 is 0 Å². The van der Waals surface area contributed by atoms with Crippen molar-refractivity contribution in [2.45, 2.75) is 33.7 Å². The SMILES string of the molecule is CCOc1ccc(/C(O)=C2\C(=O)C(=O)N(c3cccc(C)c3C)C2c2ccc(OC)cc2)cc1C. The molecule has 6 nitrogen and oxygen atoms in total. The number of ether oxygens (including phenoxy) is 2. The van der Waals surface area contributed by atoms with Gasteiger partial charge in [-0.25, -0.2) is 0 Å². The third-order valence-corrected chi connectivity index (χ3v) is 6.46. The maximum atomic E-state index is 13.4. The number of methoxy groups -OCH3 is 1. The Balaban J connectivity index is 1.94. The van der Waals surface area contributed by atoms with Crippen LogP contribution >= 0.6 is 0 Å². The van der Waals surface area contributed by atoms with E-state index < -0.39 is 17.7 Å². The second-order valence-electron chi connectivity index (χ2n) is 8.57. The van der Waals surface area contributed by atoms with Crippen molar-refractivity contribution in [2.75, 3.05) is 18.6 Å². The fraction of sp³-hybridized carbons (Fsp3) is 0.241. The predicted octanol–water partition coefficient (Wildman–Crippen LogP) is 5.65. The van der Waals surface area contributed by atoms with E-state index in [9.17, 15) is 14.7 Å². The van der Waals surface area contributed by atoms with Gasteiger partial charge in [-0.1, -0.05) is 24.3 Å². The third kappa shape index (κ3) is 4.28. The summed E-state index contributed by atoms with van der Waals surface area (Å²) in [7, 11) is 1.57. The van der Waals surface area contributed by atoms with Gasteiger partial charge in [-0.05, 0) is 86.3 Å². The highest BCUT2D eigenvalue weighted by Gasteiger charge is 2.47. The Kier molecular flexibility index (Phi) is 6.65. The van der Waals surface area contributed by atoms with Gasteiger partial charge in [-0.3, -0.25) is 14.5 Å². The van der Waals surface area contributed by atoms with Crippen LogP contribution in [0.25, 0.3) is 5.76 Å². The molecule has 1 aliphatic heterocycles. The molecule has 4 rings (SSSR count). The van der Waals surface area contributed by atoms with Crippen molar-refractivity contribution in [1.82, 2.24) is 0 Å². The molecule has 1 aliphatic rings.